The third kappa shape index (κ3) is 3.10. The molecule has 0 fully saturated rings. The molecule has 1 nitrogen and oxygen atoms in total. The van der Waals surface area contributed by atoms with Crippen molar-refractivity contribution in [3.05, 3.63) is 33.8 Å². The van der Waals surface area contributed by atoms with E-state index in [9.17, 15) is 0 Å². The van der Waals surface area contributed by atoms with Gasteiger partial charge in [-0.1, -0.05) is 35.0 Å². The summed E-state index contributed by atoms with van der Waals surface area (Å²) in [6.07, 6.45) is 1.17. The van der Waals surface area contributed by atoms with Crippen molar-refractivity contribution in [3.8, 4) is 0 Å². The Morgan fingerprint density at radius 2 is 2.14 bits per heavy atom. The van der Waals surface area contributed by atoms with E-state index in [1.807, 2.05) is 0 Å². The molecule has 2 heteroatoms. The lowest BCUT2D eigenvalue weighted by Crippen LogP contribution is -2.19. The van der Waals surface area contributed by atoms with Gasteiger partial charge in [-0.25, -0.2) is 0 Å². The summed E-state index contributed by atoms with van der Waals surface area (Å²) in [7, 11) is 0. The molecule has 1 aromatic carbocycles. The molecule has 0 spiro atoms. The van der Waals surface area contributed by atoms with Crippen molar-refractivity contribution in [1.82, 2.24) is 5.32 Å². The van der Waals surface area contributed by atoms with E-state index in [0.29, 0.717) is 6.04 Å². The Morgan fingerprint density at radius 3 is 2.71 bits per heavy atom. The maximum absolute atomic E-state index is 3.60. The standard InChI is InChI=1S/C12H18BrN/c1-4-7-14-10(3)11-6-5-9(2)8-12(11)13/h5-6,8,10,14H,4,7H2,1-3H3. The Morgan fingerprint density at radius 1 is 1.43 bits per heavy atom. The van der Waals surface area contributed by atoms with Gasteiger partial charge in [0.25, 0.3) is 0 Å². The normalized spacial score (nSPS) is 12.9. The molecule has 0 radical (unpaired) electrons. The van der Waals surface area contributed by atoms with Gasteiger partial charge in [0, 0.05) is 10.5 Å². The summed E-state index contributed by atoms with van der Waals surface area (Å²) in [4.78, 5) is 0. The molecule has 0 aliphatic rings. The number of halogens is 1. The van der Waals surface area contributed by atoms with Crippen LogP contribution in [0.2, 0.25) is 0 Å². The molecule has 1 unspecified atom stereocenters. The fourth-order valence-electron chi connectivity index (χ4n) is 1.45. The summed E-state index contributed by atoms with van der Waals surface area (Å²) in [5.41, 5.74) is 2.63. The predicted molar refractivity (Wildman–Crippen MR) is 65.6 cm³/mol. The second-order valence-corrected chi connectivity index (χ2v) is 4.56. The molecule has 1 aromatic rings. The molecule has 0 aliphatic carbocycles. The molecule has 0 saturated carbocycles. The summed E-state index contributed by atoms with van der Waals surface area (Å²) in [6, 6.07) is 6.93. The molecule has 1 rings (SSSR count). The van der Waals surface area contributed by atoms with Crippen LogP contribution in [0.1, 0.15) is 37.4 Å². The van der Waals surface area contributed by atoms with E-state index in [2.05, 4.69) is 60.2 Å². The molecule has 0 heterocycles. The number of benzene rings is 1. The molecular weight excluding hydrogens is 238 g/mol. The number of nitrogens with one attached hydrogen (secondary N) is 1. The third-order valence-corrected chi connectivity index (χ3v) is 3.01. The SMILES string of the molecule is CCCNC(C)c1ccc(C)cc1Br. The van der Waals surface area contributed by atoms with E-state index in [1.165, 1.54) is 22.0 Å². The van der Waals surface area contributed by atoms with Crippen molar-refractivity contribution in [2.75, 3.05) is 6.54 Å². The van der Waals surface area contributed by atoms with Gasteiger partial charge in [0.2, 0.25) is 0 Å². The lowest BCUT2D eigenvalue weighted by Gasteiger charge is -2.15. The van der Waals surface area contributed by atoms with Crippen LogP contribution >= 0.6 is 15.9 Å². The van der Waals surface area contributed by atoms with E-state index in [-0.39, 0.29) is 0 Å². The minimum absolute atomic E-state index is 0.421. The largest absolute Gasteiger partial charge is 0.310 e. The zero-order chi connectivity index (χ0) is 10.6. The van der Waals surface area contributed by atoms with Crippen molar-refractivity contribution in [3.63, 3.8) is 0 Å². The monoisotopic (exact) mass is 255 g/mol. The first-order valence-corrected chi connectivity index (χ1v) is 5.94. The molecule has 1 N–H and O–H groups in total. The molecule has 78 valence electrons. The molecule has 0 aromatic heterocycles. The molecule has 0 amide bonds. The summed E-state index contributed by atoms with van der Waals surface area (Å²) < 4.78 is 1.20. The zero-order valence-corrected chi connectivity index (χ0v) is 10.7. The Balaban J connectivity index is 2.74. The van der Waals surface area contributed by atoms with Crippen molar-refractivity contribution in [1.29, 1.82) is 0 Å². The van der Waals surface area contributed by atoms with E-state index in [0.717, 1.165) is 6.54 Å². The van der Waals surface area contributed by atoms with E-state index in [4.69, 9.17) is 0 Å². The van der Waals surface area contributed by atoms with Crippen LogP contribution in [-0.4, -0.2) is 6.54 Å². The summed E-state index contributed by atoms with van der Waals surface area (Å²) in [5.74, 6) is 0. The molecule has 0 aliphatic heterocycles. The molecule has 0 saturated heterocycles. The lowest BCUT2D eigenvalue weighted by molar-refractivity contribution is 0.569. The Hall–Kier alpha value is -0.340. The van der Waals surface area contributed by atoms with Gasteiger partial charge in [0.05, 0.1) is 0 Å². The van der Waals surface area contributed by atoms with Gasteiger partial charge in [-0.3, -0.25) is 0 Å². The first-order chi connectivity index (χ1) is 6.65. The lowest BCUT2D eigenvalue weighted by atomic mass is 10.1. The smallest absolute Gasteiger partial charge is 0.0302 e. The molecule has 0 bridgehead atoms. The van der Waals surface area contributed by atoms with Crippen molar-refractivity contribution in [2.24, 2.45) is 0 Å². The fraction of sp³-hybridized carbons (Fsp3) is 0.500. The highest BCUT2D eigenvalue weighted by molar-refractivity contribution is 9.10. The third-order valence-electron chi connectivity index (χ3n) is 2.32. The highest BCUT2D eigenvalue weighted by Gasteiger charge is 2.07. The Kier molecular flexibility index (Phi) is 4.63. The van der Waals surface area contributed by atoms with Crippen LogP contribution in [0.25, 0.3) is 0 Å². The van der Waals surface area contributed by atoms with Crippen LogP contribution in [0, 0.1) is 6.92 Å². The van der Waals surface area contributed by atoms with Crippen LogP contribution in [0.5, 0.6) is 0 Å². The number of rotatable bonds is 4. The van der Waals surface area contributed by atoms with Gasteiger partial charge >= 0.3 is 0 Å². The van der Waals surface area contributed by atoms with Crippen LogP contribution in [0.4, 0.5) is 0 Å². The number of hydrogen-bond acceptors (Lipinski definition) is 1. The number of hydrogen-bond donors (Lipinski definition) is 1. The summed E-state index contributed by atoms with van der Waals surface area (Å²) in [6.45, 7) is 7.56. The van der Waals surface area contributed by atoms with Gasteiger partial charge in [0.1, 0.15) is 0 Å². The van der Waals surface area contributed by atoms with Crippen molar-refractivity contribution in [2.45, 2.75) is 33.2 Å². The second kappa shape index (κ2) is 5.52. The van der Waals surface area contributed by atoms with Crippen LogP contribution in [-0.2, 0) is 0 Å². The Bertz CT molecular complexity index is 296. The second-order valence-electron chi connectivity index (χ2n) is 3.70. The molecule has 1 atom stereocenters. The first kappa shape index (κ1) is 11.7. The average molecular weight is 256 g/mol. The molecule has 14 heavy (non-hydrogen) atoms. The van der Waals surface area contributed by atoms with Crippen LogP contribution < -0.4 is 5.32 Å². The fourth-order valence-corrected chi connectivity index (χ4v) is 2.29. The summed E-state index contributed by atoms with van der Waals surface area (Å²) >= 11 is 3.60. The van der Waals surface area contributed by atoms with Gasteiger partial charge in [-0.15, -0.1) is 0 Å². The summed E-state index contributed by atoms with van der Waals surface area (Å²) in [5, 5.41) is 3.48. The number of aryl methyl sites for hydroxylation is 1. The van der Waals surface area contributed by atoms with E-state index >= 15 is 0 Å². The molecular formula is C12H18BrN. The first-order valence-electron chi connectivity index (χ1n) is 5.14. The predicted octanol–water partition coefficient (Wildman–Crippen LogP) is 3.82. The van der Waals surface area contributed by atoms with Gasteiger partial charge < -0.3 is 5.32 Å². The quantitative estimate of drug-likeness (QED) is 0.863. The minimum atomic E-state index is 0.421. The maximum Gasteiger partial charge on any atom is 0.0302 e. The van der Waals surface area contributed by atoms with Gasteiger partial charge in [0.15, 0.2) is 0 Å². The zero-order valence-electron chi connectivity index (χ0n) is 9.10. The van der Waals surface area contributed by atoms with Crippen LogP contribution in [0.3, 0.4) is 0 Å². The average Bonchev–Trinajstić information content (AvgIpc) is 2.14. The van der Waals surface area contributed by atoms with E-state index < -0.39 is 0 Å². The topological polar surface area (TPSA) is 12.0 Å². The van der Waals surface area contributed by atoms with E-state index in [1.54, 1.807) is 0 Å². The maximum atomic E-state index is 3.60. The Labute approximate surface area is 95.0 Å². The van der Waals surface area contributed by atoms with Gasteiger partial charge in [-0.2, -0.15) is 0 Å². The minimum Gasteiger partial charge on any atom is -0.310 e. The van der Waals surface area contributed by atoms with Crippen molar-refractivity contribution < 1.29 is 0 Å². The van der Waals surface area contributed by atoms with Crippen LogP contribution in [0.15, 0.2) is 22.7 Å². The highest BCUT2D eigenvalue weighted by Crippen LogP contribution is 2.24. The van der Waals surface area contributed by atoms with Gasteiger partial charge in [-0.05, 0) is 44.0 Å². The highest BCUT2D eigenvalue weighted by atomic mass is 79.9. The van der Waals surface area contributed by atoms with Crippen molar-refractivity contribution >= 4 is 15.9 Å².